The van der Waals surface area contributed by atoms with Crippen LogP contribution in [-0.4, -0.2) is 35.3 Å². The molecule has 116 valence electrons. The van der Waals surface area contributed by atoms with Crippen molar-refractivity contribution in [3.05, 3.63) is 0 Å². The summed E-state index contributed by atoms with van der Waals surface area (Å²) in [5.74, 6) is 0.475. The van der Waals surface area contributed by atoms with Crippen LogP contribution in [0, 0.1) is 11.3 Å². The largest absolute Gasteiger partial charge is 0.342 e. The molecule has 20 heavy (non-hydrogen) atoms. The molecule has 1 heterocycles. The van der Waals surface area contributed by atoms with Gasteiger partial charge < -0.3 is 10.2 Å². The van der Waals surface area contributed by atoms with Gasteiger partial charge in [-0.2, -0.15) is 0 Å². The Hall–Kier alpha value is -1.06. The Balaban J connectivity index is 2.96. The van der Waals surface area contributed by atoms with E-state index in [0.29, 0.717) is 31.7 Å². The molecule has 1 atom stereocenters. The number of rotatable bonds is 4. The number of nitrogens with zero attached hydrogens (tertiary/aromatic N) is 1. The van der Waals surface area contributed by atoms with Gasteiger partial charge in [-0.15, -0.1) is 0 Å². The Morgan fingerprint density at radius 2 is 1.80 bits per heavy atom. The van der Waals surface area contributed by atoms with Crippen LogP contribution < -0.4 is 5.32 Å². The molecular weight excluding hydrogens is 252 g/mol. The summed E-state index contributed by atoms with van der Waals surface area (Å²) in [7, 11) is 0. The smallest absolute Gasteiger partial charge is 0.248 e. The van der Waals surface area contributed by atoms with Crippen molar-refractivity contribution >= 4 is 11.8 Å². The van der Waals surface area contributed by atoms with Crippen molar-refractivity contribution in [3.63, 3.8) is 0 Å². The second kappa shape index (κ2) is 6.15. The highest BCUT2D eigenvalue weighted by molar-refractivity contribution is 5.93. The Morgan fingerprint density at radius 1 is 1.25 bits per heavy atom. The van der Waals surface area contributed by atoms with Crippen LogP contribution in [0.15, 0.2) is 0 Å². The Morgan fingerprint density at radius 3 is 2.25 bits per heavy atom. The maximum atomic E-state index is 12.8. The average molecular weight is 282 g/mol. The number of carbonyl (C=O) groups is 2. The van der Waals surface area contributed by atoms with Crippen LogP contribution in [-0.2, 0) is 9.59 Å². The third kappa shape index (κ3) is 3.53. The van der Waals surface area contributed by atoms with Crippen LogP contribution >= 0.6 is 0 Å². The topological polar surface area (TPSA) is 49.4 Å². The molecule has 0 bridgehead atoms. The van der Waals surface area contributed by atoms with E-state index in [4.69, 9.17) is 0 Å². The molecule has 1 unspecified atom stereocenters. The van der Waals surface area contributed by atoms with Gasteiger partial charge in [0.1, 0.15) is 5.54 Å². The van der Waals surface area contributed by atoms with E-state index in [9.17, 15) is 9.59 Å². The average Bonchev–Trinajstić information content (AvgIpc) is 2.49. The molecular formula is C16H30N2O2. The summed E-state index contributed by atoms with van der Waals surface area (Å²) in [6, 6.07) is 0. The van der Waals surface area contributed by atoms with Crippen LogP contribution in [0.1, 0.15) is 60.8 Å². The zero-order valence-corrected chi connectivity index (χ0v) is 13.9. The molecule has 0 aromatic carbocycles. The summed E-state index contributed by atoms with van der Waals surface area (Å²) in [5, 5.41) is 2.95. The molecule has 0 aromatic heterocycles. The lowest BCUT2D eigenvalue weighted by molar-refractivity contribution is -0.140. The Kier molecular flexibility index (Phi) is 5.22. The van der Waals surface area contributed by atoms with E-state index in [2.05, 4.69) is 33.0 Å². The number of amides is 2. The first-order chi connectivity index (χ1) is 9.16. The van der Waals surface area contributed by atoms with Gasteiger partial charge in [-0.25, -0.2) is 0 Å². The summed E-state index contributed by atoms with van der Waals surface area (Å²) in [5.41, 5.74) is -0.545. The fourth-order valence-electron chi connectivity index (χ4n) is 2.53. The van der Waals surface area contributed by atoms with Crippen molar-refractivity contribution in [2.24, 2.45) is 11.3 Å². The summed E-state index contributed by atoms with van der Waals surface area (Å²) in [6.45, 7) is 13.9. The van der Waals surface area contributed by atoms with Crippen molar-refractivity contribution in [1.82, 2.24) is 10.2 Å². The molecule has 2 amide bonds. The third-order valence-corrected chi connectivity index (χ3v) is 4.86. The highest BCUT2D eigenvalue weighted by atomic mass is 16.2. The number of hydrogen-bond acceptors (Lipinski definition) is 2. The van der Waals surface area contributed by atoms with Crippen LogP contribution in [0.5, 0.6) is 0 Å². The van der Waals surface area contributed by atoms with Gasteiger partial charge in [-0.05, 0) is 24.2 Å². The van der Waals surface area contributed by atoms with Gasteiger partial charge in [0.05, 0.1) is 0 Å². The molecule has 0 aliphatic carbocycles. The predicted octanol–water partition coefficient (Wildman–Crippen LogP) is 2.58. The van der Waals surface area contributed by atoms with Crippen LogP contribution in [0.2, 0.25) is 0 Å². The lowest BCUT2D eigenvalue weighted by Crippen LogP contribution is -2.57. The maximum absolute atomic E-state index is 12.8. The molecule has 1 aliphatic rings. The lowest BCUT2D eigenvalue weighted by Gasteiger charge is -2.37. The standard InChI is InChI=1S/C16H30N2O2/c1-7-16(8-2)14(20)18(10-9-13(19)17-16)11-12(3)15(4,5)6/h12H,7-11H2,1-6H3,(H,17,19). The first kappa shape index (κ1) is 17.0. The second-order valence-electron chi connectivity index (χ2n) is 7.11. The van der Waals surface area contributed by atoms with Crippen molar-refractivity contribution in [1.29, 1.82) is 0 Å². The highest BCUT2D eigenvalue weighted by Gasteiger charge is 2.42. The summed E-state index contributed by atoms with van der Waals surface area (Å²) >= 11 is 0. The molecule has 1 N–H and O–H groups in total. The van der Waals surface area contributed by atoms with Gasteiger partial charge in [-0.1, -0.05) is 41.5 Å². The fraction of sp³-hybridized carbons (Fsp3) is 0.875. The SMILES string of the molecule is CCC1(CC)NC(=O)CCN(CC(C)C(C)(C)C)C1=O. The maximum Gasteiger partial charge on any atom is 0.248 e. The van der Waals surface area contributed by atoms with E-state index in [1.54, 1.807) is 0 Å². The van der Waals surface area contributed by atoms with Crippen molar-refractivity contribution < 1.29 is 9.59 Å². The molecule has 0 spiro atoms. The van der Waals surface area contributed by atoms with E-state index in [-0.39, 0.29) is 17.2 Å². The van der Waals surface area contributed by atoms with E-state index >= 15 is 0 Å². The van der Waals surface area contributed by atoms with Gasteiger partial charge in [0, 0.05) is 19.5 Å². The van der Waals surface area contributed by atoms with E-state index < -0.39 is 5.54 Å². The van der Waals surface area contributed by atoms with E-state index in [1.807, 2.05) is 18.7 Å². The minimum absolute atomic E-state index is 0.00652. The van der Waals surface area contributed by atoms with E-state index in [1.165, 1.54) is 0 Å². The van der Waals surface area contributed by atoms with Gasteiger partial charge in [0.15, 0.2) is 0 Å². The molecule has 1 saturated heterocycles. The molecule has 4 nitrogen and oxygen atoms in total. The second-order valence-corrected chi connectivity index (χ2v) is 7.11. The van der Waals surface area contributed by atoms with Crippen molar-refractivity contribution in [2.45, 2.75) is 66.3 Å². The number of hydrogen-bond donors (Lipinski definition) is 1. The summed E-state index contributed by atoms with van der Waals surface area (Å²) in [4.78, 5) is 26.6. The number of carbonyl (C=O) groups excluding carboxylic acids is 2. The van der Waals surface area contributed by atoms with Crippen molar-refractivity contribution in [2.75, 3.05) is 13.1 Å². The van der Waals surface area contributed by atoms with Gasteiger partial charge >= 0.3 is 0 Å². The molecule has 0 aromatic rings. The molecule has 0 saturated carbocycles. The molecule has 1 fully saturated rings. The third-order valence-electron chi connectivity index (χ3n) is 4.86. The van der Waals surface area contributed by atoms with Crippen LogP contribution in [0.4, 0.5) is 0 Å². The first-order valence-corrected chi connectivity index (χ1v) is 7.76. The van der Waals surface area contributed by atoms with Crippen LogP contribution in [0.25, 0.3) is 0 Å². The Bertz CT molecular complexity index is 367. The Labute approximate surface area is 123 Å². The zero-order valence-electron chi connectivity index (χ0n) is 13.9. The zero-order chi connectivity index (χ0) is 15.6. The fourth-order valence-corrected chi connectivity index (χ4v) is 2.53. The minimum atomic E-state index is -0.703. The molecule has 1 rings (SSSR count). The normalized spacial score (nSPS) is 21.4. The molecule has 1 aliphatic heterocycles. The summed E-state index contributed by atoms with van der Waals surface area (Å²) in [6.07, 6.45) is 1.70. The number of nitrogens with one attached hydrogen (secondary N) is 1. The van der Waals surface area contributed by atoms with Gasteiger partial charge in [0.2, 0.25) is 11.8 Å². The monoisotopic (exact) mass is 282 g/mol. The lowest BCUT2D eigenvalue weighted by atomic mass is 9.81. The quantitative estimate of drug-likeness (QED) is 0.861. The van der Waals surface area contributed by atoms with Crippen molar-refractivity contribution in [3.8, 4) is 0 Å². The molecule has 4 heteroatoms. The van der Waals surface area contributed by atoms with E-state index in [0.717, 1.165) is 6.54 Å². The summed E-state index contributed by atoms with van der Waals surface area (Å²) < 4.78 is 0. The minimum Gasteiger partial charge on any atom is -0.342 e. The molecule has 0 radical (unpaired) electrons. The van der Waals surface area contributed by atoms with Gasteiger partial charge in [0.25, 0.3) is 0 Å². The highest BCUT2D eigenvalue weighted by Crippen LogP contribution is 2.28. The van der Waals surface area contributed by atoms with Crippen LogP contribution in [0.3, 0.4) is 0 Å². The first-order valence-electron chi connectivity index (χ1n) is 7.76. The predicted molar refractivity (Wildman–Crippen MR) is 81.3 cm³/mol. The van der Waals surface area contributed by atoms with Gasteiger partial charge in [-0.3, -0.25) is 9.59 Å².